The van der Waals surface area contributed by atoms with Crippen molar-refractivity contribution < 1.29 is 9.15 Å². The van der Waals surface area contributed by atoms with Gasteiger partial charge in [0.1, 0.15) is 11.3 Å². The van der Waals surface area contributed by atoms with E-state index in [4.69, 9.17) is 9.15 Å². The number of ether oxygens (including phenoxy) is 1. The number of rotatable bonds is 5. The molecule has 1 aliphatic heterocycles. The van der Waals surface area contributed by atoms with Crippen molar-refractivity contribution in [2.24, 2.45) is 0 Å². The van der Waals surface area contributed by atoms with E-state index in [0.717, 1.165) is 37.6 Å². The topological polar surface area (TPSA) is 25.6 Å². The molecule has 0 amide bonds. The fourth-order valence-corrected chi connectivity index (χ4v) is 2.83. The molecular formula is C17H23NO2. The van der Waals surface area contributed by atoms with Crippen LogP contribution < -0.4 is 0 Å². The van der Waals surface area contributed by atoms with E-state index in [1.54, 1.807) is 0 Å². The zero-order valence-corrected chi connectivity index (χ0v) is 12.2. The van der Waals surface area contributed by atoms with Gasteiger partial charge in [-0.3, -0.25) is 4.90 Å². The van der Waals surface area contributed by atoms with Crippen LogP contribution in [-0.4, -0.2) is 37.7 Å². The smallest absolute Gasteiger partial charge is 0.134 e. The summed E-state index contributed by atoms with van der Waals surface area (Å²) >= 11 is 0. The Morgan fingerprint density at radius 2 is 2.00 bits per heavy atom. The Kier molecular flexibility index (Phi) is 4.38. The largest absolute Gasteiger partial charge is 0.461 e. The van der Waals surface area contributed by atoms with E-state index in [1.165, 1.54) is 24.8 Å². The van der Waals surface area contributed by atoms with Crippen LogP contribution in [0.2, 0.25) is 0 Å². The molecule has 3 nitrogen and oxygen atoms in total. The van der Waals surface area contributed by atoms with Gasteiger partial charge in [0.15, 0.2) is 0 Å². The highest BCUT2D eigenvalue weighted by atomic mass is 16.5. The van der Waals surface area contributed by atoms with Crippen LogP contribution in [-0.2, 0) is 4.74 Å². The second-order valence-corrected chi connectivity index (χ2v) is 5.68. The summed E-state index contributed by atoms with van der Waals surface area (Å²) in [4.78, 5) is 2.49. The summed E-state index contributed by atoms with van der Waals surface area (Å²) in [6.45, 7) is 7.38. The lowest BCUT2D eigenvalue weighted by atomic mass is 10.0. The fourth-order valence-electron chi connectivity index (χ4n) is 2.83. The van der Waals surface area contributed by atoms with Crippen molar-refractivity contribution in [1.82, 2.24) is 4.90 Å². The predicted molar refractivity (Wildman–Crippen MR) is 81.1 cm³/mol. The molecule has 0 N–H and O–H groups in total. The Morgan fingerprint density at radius 3 is 2.80 bits per heavy atom. The summed E-state index contributed by atoms with van der Waals surface area (Å²) in [7, 11) is 0. The van der Waals surface area contributed by atoms with Gasteiger partial charge in [-0.2, -0.15) is 0 Å². The first-order valence-corrected chi connectivity index (χ1v) is 7.61. The molecule has 1 fully saturated rings. The Labute approximate surface area is 120 Å². The maximum absolute atomic E-state index is 5.94. The quantitative estimate of drug-likeness (QED) is 0.831. The molecule has 0 aliphatic carbocycles. The minimum atomic E-state index is 0.489. The summed E-state index contributed by atoms with van der Waals surface area (Å²) in [6, 6.07) is 10.4. The van der Waals surface area contributed by atoms with E-state index in [-0.39, 0.29) is 0 Å². The van der Waals surface area contributed by atoms with Crippen molar-refractivity contribution in [2.75, 3.05) is 32.8 Å². The molecule has 0 spiro atoms. The highest BCUT2D eigenvalue weighted by molar-refractivity contribution is 5.77. The average molecular weight is 273 g/mol. The molecule has 2 aromatic rings. The van der Waals surface area contributed by atoms with Crippen LogP contribution >= 0.6 is 0 Å². The molecular weight excluding hydrogens is 250 g/mol. The number of furan rings is 1. The van der Waals surface area contributed by atoms with Crippen molar-refractivity contribution in [3.05, 3.63) is 36.1 Å². The molecule has 0 unspecified atom stereocenters. The highest BCUT2D eigenvalue weighted by Crippen LogP contribution is 2.27. The number of morpholine rings is 1. The summed E-state index contributed by atoms with van der Waals surface area (Å²) in [5.41, 5.74) is 1.00. The normalized spacial score (nSPS) is 18.4. The number of fused-ring (bicyclic) bond motifs is 1. The molecule has 1 aromatic heterocycles. The van der Waals surface area contributed by atoms with Gasteiger partial charge in [-0.15, -0.1) is 0 Å². The van der Waals surface area contributed by atoms with Crippen molar-refractivity contribution in [2.45, 2.75) is 25.7 Å². The molecule has 20 heavy (non-hydrogen) atoms. The lowest BCUT2D eigenvalue weighted by Gasteiger charge is -2.26. The second-order valence-electron chi connectivity index (χ2n) is 5.68. The fraction of sp³-hybridized carbons (Fsp3) is 0.529. The summed E-state index contributed by atoms with van der Waals surface area (Å²) in [6.07, 6.45) is 2.40. The molecule has 0 bridgehead atoms. The molecule has 1 aliphatic rings. The molecule has 1 saturated heterocycles. The summed E-state index contributed by atoms with van der Waals surface area (Å²) in [5.74, 6) is 1.61. The Morgan fingerprint density at radius 1 is 1.20 bits per heavy atom. The predicted octanol–water partition coefficient (Wildman–Crippen LogP) is 3.65. The molecule has 0 saturated carbocycles. The van der Waals surface area contributed by atoms with Crippen LogP contribution in [0, 0.1) is 0 Å². The van der Waals surface area contributed by atoms with Crippen LogP contribution in [0.25, 0.3) is 11.0 Å². The van der Waals surface area contributed by atoms with Crippen LogP contribution in [0.1, 0.15) is 31.4 Å². The standard InChI is InChI=1S/C17H23NO2/c1-14(5-4-8-18-9-11-19-12-10-18)17-13-15-6-2-3-7-16(15)20-17/h2-3,6-7,13-14H,4-5,8-12H2,1H3/t14-/m0/s1. The number of hydrogen-bond acceptors (Lipinski definition) is 3. The van der Waals surface area contributed by atoms with E-state index < -0.39 is 0 Å². The minimum Gasteiger partial charge on any atom is -0.461 e. The third-order valence-corrected chi connectivity index (χ3v) is 4.15. The molecule has 0 radical (unpaired) electrons. The van der Waals surface area contributed by atoms with Gasteiger partial charge in [-0.1, -0.05) is 25.1 Å². The van der Waals surface area contributed by atoms with Crippen molar-refractivity contribution in [3.8, 4) is 0 Å². The van der Waals surface area contributed by atoms with Gasteiger partial charge in [0.25, 0.3) is 0 Å². The molecule has 2 heterocycles. The van der Waals surface area contributed by atoms with E-state index in [0.29, 0.717) is 5.92 Å². The van der Waals surface area contributed by atoms with Gasteiger partial charge in [0, 0.05) is 24.4 Å². The maximum Gasteiger partial charge on any atom is 0.134 e. The number of benzene rings is 1. The van der Waals surface area contributed by atoms with Gasteiger partial charge in [-0.05, 0) is 31.5 Å². The van der Waals surface area contributed by atoms with Gasteiger partial charge < -0.3 is 9.15 Å². The van der Waals surface area contributed by atoms with Crippen LogP contribution in [0.4, 0.5) is 0 Å². The average Bonchev–Trinajstić information content (AvgIpc) is 2.92. The molecule has 1 aromatic carbocycles. The summed E-state index contributed by atoms with van der Waals surface area (Å²) in [5, 5.41) is 1.21. The number of nitrogens with zero attached hydrogens (tertiary/aromatic N) is 1. The van der Waals surface area contributed by atoms with Crippen LogP contribution in [0.5, 0.6) is 0 Å². The van der Waals surface area contributed by atoms with Gasteiger partial charge >= 0.3 is 0 Å². The van der Waals surface area contributed by atoms with Gasteiger partial charge in [-0.25, -0.2) is 0 Å². The minimum absolute atomic E-state index is 0.489. The molecule has 108 valence electrons. The van der Waals surface area contributed by atoms with Gasteiger partial charge in [0.2, 0.25) is 0 Å². The van der Waals surface area contributed by atoms with E-state index in [2.05, 4.69) is 30.0 Å². The van der Waals surface area contributed by atoms with Crippen molar-refractivity contribution in [1.29, 1.82) is 0 Å². The number of hydrogen-bond donors (Lipinski definition) is 0. The molecule has 3 heteroatoms. The Balaban J connectivity index is 1.52. The third kappa shape index (κ3) is 3.22. The SMILES string of the molecule is C[C@@H](CCCN1CCOCC1)c1cc2ccccc2o1. The van der Waals surface area contributed by atoms with Crippen molar-refractivity contribution >= 4 is 11.0 Å². The first-order valence-electron chi connectivity index (χ1n) is 7.61. The first kappa shape index (κ1) is 13.7. The third-order valence-electron chi connectivity index (χ3n) is 4.15. The Bertz CT molecular complexity index is 510. The summed E-state index contributed by atoms with van der Waals surface area (Å²) < 4.78 is 11.3. The lowest BCUT2D eigenvalue weighted by molar-refractivity contribution is 0.0370. The zero-order chi connectivity index (χ0) is 13.8. The second kappa shape index (κ2) is 6.42. The van der Waals surface area contributed by atoms with E-state index in [1.807, 2.05) is 12.1 Å². The van der Waals surface area contributed by atoms with Crippen LogP contribution in [0.3, 0.4) is 0 Å². The van der Waals surface area contributed by atoms with Crippen LogP contribution in [0.15, 0.2) is 34.7 Å². The molecule has 3 rings (SSSR count). The Hall–Kier alpha value is -1.32. The zero-order valence-electron chi connectivity index (χ0n) is 12.2. The number of para-hydroxylation sites is 1. The van der Waals surface area contributed by atoms with E-state index >= 15 is 0 Å². The first-order chi connectivity index (χ1) is 9.83. The van der Waals surface area contributed by atoms with Gasteiger partial charge in [0.05, 0.1) is 13.2 Å². The molecule has 1 atom stereocenters. The lowest BCUT2D eigenvalue weighted by Crippen LogP contribution is -2.36. The van der Waals surface area contributed by atoms with Crippen molar-refractivity contribution in [3.63, 3.8) is 0 Å². The highest BCUT2D eigenvalue weighted by Gasteiger charge is 2.13. The monoisotopic (exact) mass is 273 g/mol. The van der Waals surface area contributed by atoms with E-state index in [9.17, 15) is 0 Å². The maximum atomic E-state index is 5.94.